The molecule has 2 N–H and O–H groups in total. The van der Waals surface area contributed by atoms with E-state index in [-0.39, 0.29) is 0 Å². The monoisotopic (exact) mass is 268 g/mol. The molecule has 3 heteroatoms. The van der Waals surface area contributed by atoms with Gasteiger partial charge in [0.1, 0.15) is 5.01 Å². The number of aromatic nitrogens is 1. The normalized spacial score (nSPS) is 11.1. The predicted octanol–water partition coefficient (Wildman–Crippen LogP) is 4.47. The molecule has 0 atom stereocenters. The second-order valence-electron chi connectivity index (χ2n) is 5.00. The summed E-state index contributed by atoms with van der Waals surface area (Å²) in [5.41, 5.74) is 12.7. The second kappa shape index (κ2) is 4.35. The lowest BCUT2D eigenvalue weighted by atomic mass is 10.0. The number of nitrogen functional groups attached to an aromatic ring is 1. The van der Waals surface area contributed by atoms with E-state index in [4.69, 9.17) is 10.7 Å². The average molecular weight is 268 g/mol. The predicted molar refractivity (Wildman–Crippen MR) is 83.7 cm³/mol. The fourth-order valence-corrected chi connectivity index (χ4v) is 3.39. The van der Waals surface area contributed by atoms with E-state index in [9.17, 15) is 0 Å². The van der Waals surface area contributed by atoms with Crippen LogP contribution in [0.2, 0.25) is 0 Å². The standard InChI is InChI=1S/C16H16N2S/c1-9-4-5-14-15(6-9)19-16(18-14)13-8-12(17)7-10(2)11(13)3/h4-8H,17H2,1-3H3. The smallest absolute Gasteiger partial charge is 0.124 e. The minimum Gasteiger partial charge on any atom is -0.399 e. The highest BCUT2D eigenvalue weighted by molar-refractivity contribution is 7.21. The first kappa shape index (κ1) is 12.2. The molecule has 0 aliphatic heterocycles. The number of hydrogen-bond donors (Lipinski definition) is 1. The summed E-state index contributed by atoms with van der Waals surface area (Å²) in [4.78, 5) is 4.73. The van der Waals surface area contributed by atoms with Gasteiger partial charge in [-0.3, -0.25) is 0 Å². The van der Waals surface area contributed by atoms with Crippen LogP contribution in [-0.2, 0) is 0 Å². The van der Waals surface area contributed by atoms with Crippen molar-refractivity contribution < 1.29 is 0 Å². The minimum atomic E-state index is 0.800. The summed E-state index contributed by atoms with van der Waals surface area (Å²) in [6.45, 7) is 6.32. The molecule has 0 radical (unpaired) electrons. The second-order valence-corrected chi connectivity index (χ2v) is 6.03. The van der Waals surface area contributed by atoms with Crippen molar-refractivity contribution >= 4 is 27.2 Å². The van der Waals surface area contributed by atoms with Gasteiger partial charge >= 0.3 is 0 Å². The molecule has 0 saturated heterocycles. The maximum absolute atomic E-state index is 5.96. The van der Waals surface area contributed by atoms with Crippen LogP contribution in [-0.4, -0.2) is 4.98 Å². The highest BCUT2D eigenvalue weighted by Gasteiger charge is 2.11. The molecule has 0 aliphatic rings. The van der Waals surface area contributed by atoms with Gasteiger partial charge in [-0.1, -0.05) is 6.07 Å². The topological polar surface area (TPSA) is 38.9 Å². The molecular weight excluding hydrogens is 252 g/mol. The molecule has 3 aromatic rings. The number of hydrogen-bond acceptors (Lipinski definition) is 3. The van der Waals surface area contributed by atoms with E-state index in [0.717, 1.165) is 21.8 Å². The van der Waals surface area contributed by atoms with Gasteiger partial charge in [-0.15, -0.1) is 11.3 Å². The van der Waals surface area contributed by atoms with Crippen LogP contribution >= 0.6 is 11.3 Å². The molecule has 0 amide bonds. The van der Waals surface area contributed by atoms with Gasteiger partial charge in [-0.25, -0.2) is 4.98 Å². The summed E-state index contributed by atoms with van der Waals surface area (Å²) < 4.78 is 1.23. The molecule has 19 heavy (non-hydrogen) atoms. The summed E-state index contributed by atoms with van der Waals surface area (Å²) in [7, 11) is 0. The number of nitrogens with zero attached hydrogens (tertiary/aromatic N) is 1. The first-order chi connectivity index (χ1) is 9.04. The Kier molecular flexibility index (Phi) is 2.79. The number of anilines is 1. The van der Waals surface area contributed by atoms with E-state index in [1.807, 2.05) is 12.1 Å². The van der Waals surface area contributed by atoms with Crippen molar-refractivity contribution in [2.24, 2.45) is 0 Å². The van der Waals surface area contributed by atoms with Gasteiger partial charge < -0.3 is 5.73 Å². The van der Waals surface area contributed by atoms with Crippen molar-refractivity contribution in [1.29, 1.82) is 0 Å². The zero-order valence-corrected chi connectivity index (χ0v) is 12.1. The molecule has 96 valence electrons. The Hall–Kier alpha value is -1.87. The highest BCUT2D eigenvalue weighted by Crippen LogP contribution is 2.34. The summed E-state index contributed by atoms with van der Waals surface area (Å²) in [6, 6.07) is 10.4. The number of nitrogens with two attached hydrogens (primary N) is 1. The lowest BCUT2D eigenvalue weighted by Gasteiger charge is -2.07. The van der Waals surface area contributed by atoms with E-state index in [1.165, 1.54) is 21.4 Å². The quantitative estimate of drug-likeness (QED) is 0.661. The average Bonchev–Trinajstić information content (AvgIpc) is 2.76. The maximum atomic E-state index is 5.96. The lowest BCUT2D eigenvalue weighted by Crippen LogP contribution is -1.92. The first-order valence-corrected chi connectivity index (χ1v) is 7.10. The Labute approximate surface area is 116 Å². The van der Waals surface area contributed by atoms with Crippen LogP contribution in [0.15, 0.2) is 30.3 Å². The Morgan fingerprint density at radius 1 is 1.05 bits per heavy atom. The maximum Gasteiger partial charge on any atom is 0.124 e. The Morgan fingerprint density at radius 2 is 1.84 bits per heavy atom. The van der Waals surface area contributed by atoms with Crippen LogP contribution in [0.4, 0.5) is 5.69 Å². The third-order valence-corrected chi connectivity index (χ3v) is 4.52. The van der Waals surface area contributed by atoms with Crippen LogP contribution < -0.4 is 5.73 Å². The molecule has 0 spiro atoms. The minimum absolute atomic E-state index is 0.800. The fraction of sp³-hybridized carbons (Fsp3) is 0.188. The number of aryl methyl sites for hydroxylation is 2. The first-order valence-electron chi connectivity index (χ1n) is 6.29. The van der Waals surface area contributed by atoms with Gasteiger partial charge in [0.25, 0.3) is 0 Å². The molecule has 2 nitrogen and oxygen atoms in total. The largest absolute Gasteiger partial charge is 0.399 e. The van der Waals surface area contributed by atoms with E-state index in [1.54, 1.807) is 11.3 Å². The number of thiazole rings is 1. The van der Waals surface area contributed by atoms with Crippen molar-refractivity contribution in [2.45, 2.75) is 20.8 Å². The molecule has 0 aliphatic carbocycles. The van der Waals surface area contributed by atoms with Crippen LogP contribution in [0.1, 0.15) is 16.7 Å². The highest BCUT2D eigenvalue weighted by atomic mass is 32.1. The third kappa shape index (κ3) is 2.10. The molecule has 1 heterocycles. The van der Waals surface area contributed by atoms with E-state index in [2.05, 4.69) is 39.0 Å². The summed E-state index contributed by atoms with van der Waals surface area (Å²) in [6.07, 6.45) is 0. The van der Waals surface area contributed by atoms with Gasteiger partial charge in [0.15, 0.2) is 0 Å². The van der Waals surface area contributed by atoms with Crippen molar-refractivity contribution in [1.82, 2.24) is 4.98 Å². The number of benzene rings is 2. The molecule has 2 aromatic carbocycles. The SMILES string of the molecule is Cc1ccc2nc(-c3cc(N)cc(C)c3C)sc2c1. The van der Waals surface area contributed by atoms with Crippen molar-refractivity contribution in [2.75, 3.05) is 5.73 Å². The van der Waals surface area contributed by atoms with Gasteiger partial charge in [0.2, 0.25) is 0 Å². The van der Waals surface area contributed by atoms with Gasteiger partial charge in [0.05, 0.1) is 10.2 Å². The summed E-state index contributed by atoms with van der Waals surface area (Å²) in [5.74, 6) is 0. The van der Waals surface area contributed by atoms with Gasteiger partial charge in [-0.2, -0.15) is 0 Å². The fourth-order valence-electron chi connectivity index (χ4n) is 2.26. The van der Waals surface area contributed by atoms with E-state index < -0.39 is 0 Å². The van der Waals surface area contributed by atoms with Gasteiger partial charge in [0, 0.05) is 11.3 Å². The van der Waals surface area contributed by atoms with Gasteiger partial charge in [-0.05, 0) is 61.7 Å². The number of rotatable bonds is 1. The molecule has 0 saturated carbocycles. The van der Waals surface area contributed by atoms with Crippen molar-refractivity contribution in [3.63, 3.8) is 0 Å². The van der Waals surface area contributed by atoms with Crippen LogP contribution in [0.25, 0.3) is 20.8 Å². The lowest BCUT2D eigenvalue weighted by molar-refractivity contribution is 1.33. The Bertz CT molecular complexity index is 772. The zero-order valence-electron chi connectivity index (χ0n) is 11.3. The molecule has 3 rings (SSSR count). The molecular formula is C16H16N2S. The molecule has 1 aromatic heterocycles. The molecule has 0 fully saturated rings. The molecule has 0 unspecified atom stereocenters. The third-order valence-electron chi connectivity index (χ3n) is 3.46. The summed E-state index contributed by atoms with van der Waals surface area (Å²) in [5, 5.41) is 1.05. The van der Waals surface area contributed by atoms with Crippen LogP contribution in [0, 0.1) is 20.8 Å². The Balaban J connectivity index is 2.24. The van der Waals surface area contributed by atoms with Crippen molar-refractivity contribution in [3.05, 3.63) is 47.0 Å². The zero-order chi connectivity index (χ0) is 13.6. The van der Waals surface area contributed by atoms with Crippen LogP contribution in [0.3, 0.4) is 0 Å². The van der Waals surface area contributed by atoms with E-state index in [0.29, 0.717) is 0 Å². The number of fused-ring (bicyclic) bond motifs is 1. The summed E-state index contributed by atoms with van der Waals surface area (Å²) >= 11 is 1.73. The Morgan fingerprint density at radius 3 is 2.63 bits per heavy atom. The van der Waals surface area contributed by atoms with Crippen LogP contribution in [0.5, 0.6) is 0 Å². The molecule has 0 bridgehead atoms. The van der Waals surface area contributed by atoms with E-state index >= 15 is 0 Å². The van der Waals surface area contributed by atoms with Crippen molar-refractivity contribution in [3.8, 4) is 10.6 Å².